The van der Waals surface area contributed by atoms with Crippen molar-refractivity contribution in [3.63, 3.8) is 0 Å². The fourth-order valence-corrected chi connectivity index (χ4v) is 3.97. The number of hydrogen-bond acceptors (Lipinski definition) is 3. The van der Waals surface area contributed by atoms with Gasteiger partial charge in [-0.1, -0.05) is 66.1 Å². The fraction of sp³-hybridized carbons (Fsp3) is 0.103. The average Bonchev–Trinajstić information content (AvgIpc) is 3.18. The summed E-state index contributed by atoms with van der Waals surface area (Å²) in [6, 6.07) is 28.3. The Labute approximate surface area is 204 Å². The number of benzene rings is 3. The number of rotatable bonds is 4. The van der Waals surface area contributed by atoms with Gasteiger partial charge in [-0.05, 0) is 60.4 Å². The Morgan fingerprint density at radius 2 is 1.65 bits per heavy atom. The Morgan fingerprint density at radius 1 is 0.882 bits per heavy atom. The van der Waals surface area contributed by atoms with E-state index in [1.807, 2.05) is 80.0 Å². The molecule has 0 aliphatic heterocycles. The van der Waals surface area contributed by atoms with E-state index in [-0.39, 0.29) is 6.04 Å². The molecule has 5 rings (SSSR count). The number of fused-ring (bicyclic) bond motifs is 1. The van der Waals surface area contributed by atoms with Crippen LogP contribution >= 0.6 is 11.6 Å². The van der Waals surface area contributed by atoms with Gasteiger partial charge in [-0.3, -0.25) is 0 Å². The van der Waals surface area contributed by atoms with Crippen LogP contribution in [0, 0.1) is 11.8 Å². The van der Waals surface area contributed by atoms with E-state index in [2.05, 4.69) is 51.8 Å². The van der Waals surface area contributed by atoms with Crippen LogP contribution in [0.25, 0.3) is 22.2 Å². The number of nitrogens with zero attached hydrogens (tertiary/aromatic N) is 3. The second kappa shape index (κ2) is 9.43. The molecule has 34 heavy (non-hydrogen) atoms. The summed E-state index contributed by atoms with van der Waals surface area (Å²) >= 11 is 5.97. The highest BCUT2D eigenvalue weighted by Crippen LogP contribution is 2.24. The smallest absolute Gasteiger partial charge is 0.204 e. The second-order valence-electron chi connectivity index (χ2n) is 8.16. The van der Waals surface area contributed by atoms with Crippen molar-refractivity contribution in [1.82, 2.24) is 14.5 Å². The van der Waals surface area contributed by atoms with Crippen molar-refractivity contribution in [3.05, 3.63) is 113 Å². The fourth-order valence-electron chi connectivity index (χ4n) is 3.84. The van der Waals surface area contributed by atoms with Gasteiger partial charge in [0.1, 0.15) is 5.69 Å². The van der Waals surface area contributed by atoms with Crippen LogP contribution in [0.5, 0.6) is 0 Å². The summed E-state index contributed by atoms with van der Waals surface area (Å²) in [6.07, 6.45) is 1.83. The maximum atomic E-state index is 5.97. The normalized spacial score (nSPS) is 11.6. The molecule has 0 aliphatic rings. The molecule has 2 heterocycles. The van der Waals surface area contributed by atoms with Gasteiger partial charge in [-0.15, -0.1) is 0 Å². The molecule has 2 aromatic heterocycles. The quantitative estimate of drug-likeness (QED) is 0.296. The Bertz CT molecular complexity index is 1490. The van der Waals surface area contributed by atoms with E-state index >= 15 is 0 Å². The standard InChI is InChI=1S/C29H23ClN4/c1-20(22-6-4-3-5-7-22)32-29-33-27-18-21(9-17-28(27)34(29)2)8-15-26-16-12-24(19-31-26)23-10-13-25(30)14-11-23/h3-7,9-14,16-20H,1-2H3,(H,32,33)/t20-/m0/s1. The van der Waals surface area contributed by atoms with Crippen molar-refractivity contribution in [2.45, 2.75) is 13.0 Å². The first kappa shape index (κ1) is 21.8. The monoisotopic (exact) mass is 462 g/mol. The third-order valence-electron chi connectivity index (χ3n) is 5.80. The minimum Gasteiger partial charge on any atom is -0.349 e. The van der Waals surface area contributed by atoms with E-state index in [4.69, 9.17) is 16.6 Å². The van der Waals surface area contributed by atoms with Crippen molar-refractivity contribution in [1.29, 1.82) is 0 Å². The molecular weight excluding hydrogens is 440 g/mol. The van der Waals surface area contributed by atoms with Crippen molar-refractivity contribution < 1.29 is 0 Å². The molecule has 1 N–H and O–H groups in total. The second-order valence-corrected chi connectivity index (χ2v) is 8.60. The van der Waals surface area contributed by atoms with Gasteiger partial charge in [0.2, 0.25) is 5.95 Å². The molecule has 0 fully saturated rings. The van der Waals surface area contributed by atoms with Crippen LogP contribution in [0.2, 0.25) is 5.02 Å². The molecule has 166 valence electrons. The van der Waals surface area contributed by atoms with E-state index < -0.39 is 0 Å². The molecule has 5 aromatic rings. The van der Waals surface area contributed by atoms with Crippen LogP contribution < -0.4 is 5.32 Å². The van der Waals surface area contributed by atoms with Gasteiger partial charge in [0.05, 0.1) is 17.1 Å². The van der Waals surface area contributed by atoms with Crippen LogP contribution in [0.1, 0.15) is 29.8 Å². The Kier molecular flexibility index (Phi) is 6.03. The minimum absolute atomic E-state index is 0.151. The highest BCUT2D eigenvalue weighted by molar-refractivity contribution is 6.30. The summed E-state index contributed by atoms with van der Waals surface area (Å²) in [5, 5.41) is 4.23. The molecule has 0 radical (unpaired) electrons. The van der Waals surface area contributed by atoms with Gasteiger partial charge in [0.25, 0.3) is 0 Å². The number of aromatic nitrogens is 3. The first-order valence-corrected chi connectivity index (χ1v) is 11.5. The Balaban J connectivity index is 1.35. The van der Waals surface area contributed by atoms with E-state index in [1.165, 1.54) is 5.56 Å². The van der Waals surface area contributed by atoms with Gasteiger partial charge >= 0.3 is 0 Å². The summed E-state index contributed by atoms with van der Waals surface area (Å²) in [5.41, 5.74) is 6.90. The first-order valence-electron chi connectivity index (χ1n) is 11.1. The number of pyridine rings is 1. The minimum atomic E-state index is 0.151. The van der Waals surface area contributed by atoms with E-state index in [0.29, 0.717) is 0 Å². The topological polar surface area (TPSA) is 42.7 Å². The predicted octanol–water partition coefficient (Wildman–Crippen LogP) is 6.86. The summed E-state index contributed by atoms with van der Waals surface area (Å²) < 4.78 is 2.07. The van der Waals surface area contributed by atoms with Crippen LogP contribution in [0.15, 0.2) is 91.1 Å². The van der Waals surface area contributed by atoms with E-state index in [1.54, 1.807) is 0 Å². The number of hydrogen-bond donors (Lipinski definition) is 1. The van der Waals surface area contributed by atoms with Crippen molar-refractivity contribution in [3.8, 4) is 23.0 Å². The van der Waals surface area contributed by atoms with E-state index in [9.17, 15) is 0 Å². The summed E-state index contributed by atoms with van der Waals surface area (Å²) in [6.45, 7) is 2.14. The van der Waals surface area contributed by atoms with Crippen LogP contribution in [0.3, 0.4) is 0 Å². The average molecular weight is 463 g/mol. The molecule has 0 saturated heterocycles. The predicted molar refractivity (Wildman–Crippen MR) is 140 cm³/mol. The van der Waals surface area contributed by atoms with Crippen molar-refractivity contribution in [2.75, 3.05) is 5.32 Å². The third kappa shape index (κ3) is 4.66. The van der Waals surface area contributed by atoms with E-state index in [0.717, 1.165) is 44.4 Å². The lowest BCUT2D eigenvalue weighted by atomic mass is 10.1. The summed E-state index contributed by atoms with van der Waals surface area (Å²) in [5.74, 6) is 7.20. The number of anilines is 1. The zero-order valence-corrected chi connectivity index (χ0v) is 19.7. The van der Waals surface area contributed by atoms with Crippen molar-refractivity contribution >= 4 is 28.6 Å². The molecule has 0 amide bonds. The highest BCUT2D eigenvalue weighted by Gasteiger charge is 2.11. The Morgan fingerprint density at radius 3 is 2.38 bits per heavy atom. The van der Waals surface area contributed by atoms with Gasteiger partial charge < -0.3 is 9.88 Å². The Hall–Kier alpha value is -4.07. The zero-order chi connectivity index (χ0) is 23.5. The maximum Gasteiger partial charge on any atom is 0.204 e. The lowest BCUT2D eigenvalue weighted by Crippen LogP contribution is -2.10. The van der Waals surface area contributed by atoms with Crippen LogP contribution in [0.4, 0.5) is 5.95 Å². The van der Waals surface area contributed by atoms with Crippen LogP contribution in [-0.2, 0) is 7.05 Å². The van der Waals surface area contributed by atoms with Gasteiger partial charge in [-0.2, -0.15) is 0 Å². The molecule has 5 heteroatoms. The molecule has 0 bridgehead atoms. The molecule has 0 saturated carbocycles. The first-order chi connectivity index (χ1) is 16.6. The molecule has 1 atom stereocenters. The van der Waals surface area contributed by atoms with Gasteiger partial charge in [-0.25, -0.2) is 9.97 Å². The third-order valence-corrected chi connectivity index (χ3v) is 6.05. The largest absolute Gasteiger partial charge is 0.349 e. The van der Waals surface area contributed by atoms with Crippen LogP contribution in [-0.4, -0.2) is 14.5 Å². The molecule has 4 nitrogen and oxygen atoms in total. The molecular formula is C29H23ClN4. The number of imidazole rings is 1. The SMILES string of the molecule is C[C@H](Nc1nc2cc(C#Cc3ccc(-c4ccc(Cl)cc4)cn3)ccc2n1C)c1ccccc1. The molecule has 0 spiro atoms. The number of nitrogens with one attached hydrogen (secondary N) is 1. The van der Waals surface area contributed by atoms with Gasteiger partial charge in [0.15, 0.2) is 0 Å². The number of halogens is 1. The lowest BCUT2D eigenvalue weighted by molar-refractivity contribution is 0.832. The number of aryl methyl sites for hydroxylation is 1. The lowest BCUT2D eigenvalue weighted by Gasteiger charge is -2.14. The highest BCUT2D eigenvalue weighted by atomic mass is 35.5. The summed E-state index contributed by atoms with van der Waals surface area (Å²) in [7, 11) is 2.02. The van der Waals surface area contributed by atoms with Gasteiger partial charge in [0, 0.05) is 29.4 Å². The molecule has 0 aliphatic carbocycles. The summed E-state index contributed by atoms with van der Waals surface area (Å²) in [4.78, 5) is 9.30. The molecule has 0 unspecified atom stereocenters. The molecule has 3 aromatic carbocycles. The van der Waals surface area contributed by atoms with Crippen molar-refractivity contribution in [2.24, 2.45) is 7.05 Å². The maximum absolute atomic E-state index is 5.97. The zero-order valence-electron chi connectivity index (χ0n) is 19.0.